The van der Waals surface area contributed by atoms with Crippen molar-refractivity contribution >= 4 is 17.3 Å². The van der Waals surface area contributed by atoms with Gasteiger partial charge in [-0.1, -0.05) is 6.07 Å². The van der Waals surface area contributed by atoms with Crippen molar-refractivity contribution in [3.8, 4) is 0 Å². The number of aliphatic hydroxyl groups excluding tert-OH is 1. The van der Waals surface area contributed by atoms with Crippen molar-refractivity contribution < 1.29 is 14.6 Å². The van der Waals surface area contributed by atoms with Gasteiger partial charge in [0.2, 0.25) is 0 Å². The minimum Gasteiger partial charge on any atom is -0.464 e. The van der Waals surface area contributed by atoms with Crippen LogP contribution in [-0.4, -0.2) is 23.8 Å². The Hall–Kier alpha value is -0.910. The molecule has 0 aromatic carbocycles. The Morgan fingerprint density at radius 2 is 2.50 bits per heavy atom. The summed E-state index contributed by atoms with van der Waals surface area (Å²) in [6, 6.07) is 2.89. The molecule has 0 aliphatic rings. The molecule has 14 heavy (non-hydrogen) atoms. The number of rotatable bonds is 4. The van der Waals surface area contributed by atoms with Crippen LogP contribution in [0.25, 0.3) is 0 Å². The molecule has 5 heteroatoms. The average Bonchev–Trinajstić information content (AvgIpc) is 2.68. The standard InChI is InChI=1S/C9H13NO3S/c1-2-13-9(12)8(11)7(10)6-4-3-5-14-6/h3-5,7-8,11H,2,10H2,1H3/t7-,8-/m1/s1. The van der Waals surface area contributed by atoms with Crippen LogP contribution in [0.1, 0.15) is 17.8 Å². The third-order valence-corrected chi connectivity index (χ3v) is 2.71. The summed E-state index contributed by atoms with van der Waals surface area (Å²) in [5.41, 5.74) is 5.67. The number of hydrogen-bond acceptors (Lipinski definition) is 5. The van der Waals surface area contributed by atoms with E-state index in [0.29, 0.717) is 0 Å². The summed E-state index contributed by atoms with van der Waals surface area (Å²) in [4.78, 5) is 11.9. The van der Waals surface area contributed by atoms with Gasteiger partial charge in [-0.25, -0.2) is 4.79 Å². The molecule has 0 saturated heterocycles. The van der Waals surface area contributed by atoms with Crippen LogP contribution in [0, 0.1) is 0 Å². The molecule has 3 N–H and O–H groups in total. The summed E-state index contributed by atoms with van der Waals surface area (Å²) in [7, 11) is 0. The zero-order chi connectivity index (χ0) is 10.6. The van der Waals surface area contributed by atoms with Gasteiger partial charge in [-0.15, -0.1) is 11.3 Å². The lowest BCUT2D eigenvalue weighted by molar-refractivity contribution is -0.154. The van der Waals surface area contributed by atoms with E-state index in [1.807, 2.05) is 11.4 Å². The Morgan fingerprint density at radius 3 is 3.00 bits per heavy atom. The van der Waals surface area contributed by atoms with Crippen LogP contribution >= 0.6 is 11.3 Å². The van der Waals surface area contributed by atoms with Gasteiger partial charge in [0.25, 0.3) is 0 Å². The van der Waals surface area contributed by atoms with Gasteiger partial charge in [0.15, 0.2) is 6.10 Å². The normalized spacial score (nSPS) is 14.8. The zero-order valence-corrected chi connectivity index (χ0v) is 8.66. The number of carbonyl (C=O) groups excluding carboxylic acids is 1. The highest BCUT2D eigenvalue weighted by Gasteiger charge is 2.25. The maximum absolute atomic E-state index is 11.1. The van der Waals surface area contributed by atoms with Crippen LogP contribution in [-0.2, 0) is 9.53 Å². The van der Waals surface area contributed by atoms with Gasteiger partial charge in [-0.3, -0.25) is 0 Å². The number of nitrogens with two attached hydrogens (primary N) is 1. The highest BCUT2D eigenvalue weighted by Crippen LogP contribution is 2.20. The topological polar surface area (TPSA) is 72.5 Å². The van der Waals surface area contributed by atoms with Crippen LogP contribution in [0.3, 0.4) is 0 Å². The molecule has 1 rings (SSSR count). The van der Waals surface area contributed by atoms with Gasteiger partial charge >= 0.3 is 5.97 Å². The summed E-state index contributed by atoms with van der Waals surface area (Å²) < 4.78 is 4.66. The van der Waals surface area contributed by atoms with Gasteiger partial charge in [0.05, 0.1) is 12.6 Å². The monoisotopic (exact) mass is 215 g/mol. The number of hydrogen-bond donors (Lipinski definition) is 2. The molecule has 1 aromatic rings. The fraction of sp³-hybridized carbons (Fsp3) is 0.444. The number of ether oxygens (including phenoxy) is 1. The second kappa shape index (κ2) is 5.09. The van der Waals surface area contributed by atoms with Crippen molar-refractivity contribution in [1.82, 2.24) is 0 Å². The summed E-state index contributed by atoms with van der Waals surface area (Å²) >= 11 is 1.40. The number of aliphatic hydroxyl groups is 1. The van der Waals surface area contributed by atoms with Gasteiger partial charge in [0, 0.05) is 4.88 Å². The maximum atomic E-state index is 11.1. The lowest BCUT2D eigenvalue weighted by Crippen LogP contribution is -2.34. The summed E-state index contributed by atoms with van der Waals surface area (Å²) in [5.74, 6) is -0.673. The van der Waals surface area contributed by atoms with Crippen molar-refractivity contribution in [2.45, 2.75) is 19.1 Å². The van der Waals surface area contributed by atoms with E-state index in [-0.39, 0.29) is 6.61 Å². The quantitative estimate of drug-likeness (QED) is 0.724. The predicted octanol–water partition coefficient (Wildman–Crippen LogP) is 0.672. The van der Waals surface area contributed by atoms with Crippen LogP contribution < -0.4 is 5.73 Å². The molecular formula is C9H13NO3S. The van der Waals surface area contributed by atoms with Gasteiger partial charge < -0.3 is 15.6 Å². The number of thiophene rings is 1. The minimum atomic E-state index is -1.28. The first-order valence-electron chi connectivity index (χ1n) is 4.30. The molecule has 0 bridgehead atoms. The van der Waals surface area contributed by atoms with E-state index in [4.69, 9.17) is 5.73 Å². The summed E-state index contributed by atoms with van der Waals surface area (Å²) in [5, 5.41) is 11.3. The van der Waals surface area contributed by atoms with Crippen molar-refractivity contribution in [3.05, 3.63) is 22.4 Å². The second-order valence-corrected chi connectivity index (χ2v) is 3.72. The molecule has 4 nitrogen and oxygen atoms in total. The van der Waals surface area contributed by atoms with E-state index in [9.17, 15) is 9.90 Å². The molecule has 2 atom stereocenters. The van der Waals surface area contributed by atoms with E-state index in [1.165, 1.54) is 11.3 Å². The summed E-state index contributed by atoms with van der Waals surface area (Å²) in [6.07, 6.45) is -1.28. The van der Waals surface area contributed by atoms with Gasteiger partial charge in [-0.05, 0) is 18.4 Å². The van der Waals surface area contributed by atoms with E-state index >= 15 is 0 Å². The third-order valence-electron chi connectivity index (χ3n) is 1.74. The summed E-state index contributed by atoms with van der Waals surface area (Å²) in [6.45, 7) is 1.92. The SMILES string of the molecule is CCOC(=O)[C@H](O)[C@H](N)c1cccs1. The molecule has 78 valence electrons. The van der Waals surface area contributed by atoms with E-state index < -0.39 is 18.1 Å². The van der Waals surface area contributed by atoms with E-state index in [2.05, 4.69) is 4.74 Å². The van der Waals surface area contributed by atoms with Crippen molar-refractivity contribution in [2.24, 2.45) is 5.73 Å². The molecule has 0 fully saturated rings. The Kier molecular flexibility index (Phi) is 4.06. The first-order chi connectivity index (χ1) is 6.66. The van der Waals surface area contributed by atoms with E-state index in [1.54, 1.807) is 13.0 Å². The Bertz CT molecular complexity index is 286. The van der Waals surface area contributed by atoms with Crippen LogP contribution in [0.5, 0.6) is 0 Å². The minimum absolute atomic E-state index is 0.243. The number of carbonyl (C=O) groups is 1. The van der Waals surface area contributed by atoms with Crippen molar-refractivity contribution in [3.63, 3.8) is 0 Å². The third kappa shape index (κ3) is 2.54. The lowest BCUT2D eigenvalue weighted by atomic mass is 10.1. The first kappa shape index (κ1) is 11.2. The highest BCUT2D eigenvalue weighted by atomic mass is 32.1. The smallest absolute Gasteiger partial charge is 0.336 e. The Labute approximate surface area is 86.3 Å². The molecule has 0 unspecified atom stereocenters. The van der Waals surface area contributed by atoms with Gasteiger partial charge in [0.1, 0.15) is 0 Å². The molecule has 0 radical (unpaired) electrons. The fourth-order valence-corrected chi connectivity index (χ4v) is 1.77. The van der Waals surface area contributed by atoms with Crippen LogP contribution in [0.2, 0.25) is 0 Å². The molecule has 1 aromatic heterocycles. The molecule has 0 aliphatic heterocycles. The molecular weight excluding hydrogens is 202 g/mol. The van der Waals surface area contributed by atoms with Crippen molar-refractivity contribution in [1.29, 1.82) is 0 Å². The van der Waals surface area contributed by atoms with Crippen LogP contribution in [0.4, 0.5) is 0 Å². The predicted molar refractivity (Wildman–Crippen MR) is 53.9 cm³/mol. The Balaban J connectivity index is 2.61. The van der Waals surface area contributed by atoms with Crippen molar-refractivity contribution in [2.75, 3.05) is 6.61 Å². The van der Waals surface area contributed by atoms with Gasteiger partial charge in [-0.2, -0.15) is 0 Å². The largest absolute Gasteiger partial charge is 0.464 e. The fourth-order valence-electron chi connectivity index (χ4n) is 1.01. The molecule has 1 heterocycles. The molecule has 0 saturated carbocycles. The van der Waals surface area contributed by atoms with Crippen LogP contribution in [0.15, 0.2) is 17.5 Å². The Morgan fingerprint density at radius 1 is 1.79 bits per heavy atom. The highest BCUT2D eigenvalue weighted by molar-refractivity contribution is 7.10. The van der Waals surface area contributed by atoms with E-state index in [0.717, 1.165) is 4.88 Å². The molecule has 0 spiro atoms. The zero-order valence-electron chi connectivity index (χ0n) is 7.84. The maximum Gasteiger partial charge on any atom is 0.336 e. The average molecular weight is 215 g/mol. The lowest BCUT2D eigenvalue weighted by Gasteiger charge is -2.15. The molecule has 0 amide bonds. The molecule has 0 aliphatic carbocycles. The number of esters is 1. The second-order valence-electron chi connectivity index (χ2n) is 2.74. The first-order valence-corrected chi connectivity index (χ1v) is 5.18.